The number of amides is 1. The van der Waals surface area contributed by atoms with Gasteiger partial charge in [-0.1, -0.05) is 0 Å². The highest BCUT2D eigenvalue weighted by Crippen LogP contribution is 2.05. The Balaban J connectivity index is 2.88. The summed E-state index contributed by atoms with van der Waals surface area (Å²) in [6.45, 7) is 6.56. The summed E-state index contributed by atoms with van der Waals surface area (Å²) < 4.78 is 0. The Morgan fingerprint density at radius 2 is 1.94 bits per heavy atom. The largest absolute Gasteiger partial charge is 0.342 e. The number of nitrogens with zero attached hydrogens (tertiary/aromatic N) is 2. The molecule has 0 aromatic carbocycles. The highest BCUT2D eigenvalue weighted by atomic mass is 16.2. The van der Waals surface area contributed by atoms with Crippen molar-refractivity contribution in [2.24, 2.45) is 0 Å². The van der Waals surface area contributed by atoms with Gasteiger partial charge in [0, 0.05) is 0 Å². The molecule has 0 aliphatic rings. The van der Waals surface area contributed by atoms with E-state index in [0.717, 1.165) is 0 Å². The number of ketones is 1. The highest BCUT2D eigenvalue weighted by Gasteiger charge is 2.15. The number of aryl methyl sites for hydroxylation is 2. The Kier molecular flexibility index (Phi) is 3.71. The molecule has 0 radical (unpaired) electrons. The lowest BCUT2D eigenvalue weighted by molar-refractivity contribution is -0.118. The van der Waals surface area contributed by atoms with Gasteiger partial charge >= 0.3 is 0 Å². The standard InChI is InChI=1S/C11H15N3O2/c1-6-5-10(8(3)14-13-6)11(16)12-7(2)9(4)15/h5,7H,1-4H3,(H,12,16). The number of Topliss-reactive ketones (excluding diaryl/α,β-unsaturated/α-hetero) is 1. The van der Waals surface area contributed by atoms with Crippen LogP contribution in [0.15, 0.2) is 6.07 Å². The summed E-state index contributed by atoms with van der Waals surface area (Å²) in [4.78, 5) is 22.8. The molecule has 16 heavy (non-hydrogen) atoms. The molecule has 0 saturated carbocycles. The minimum absolute atomic E-state index is 0.0789. The van der Waals surface area contributed by atoms with Crippen LogP contribution in [0.3, 0.4) is 0 Å². The van der Waals surface area contributed by atoms with Crippen LogP contribution in [0.1, 0.15) is 35.6 Å². The third-order valence-electron chi connectivity index (χ3n) is 2.30. The molecule has 0 aliphatic heterocycles. The van der Waals surface area contributed by atoms with Gasteiger partial charge in [0.2, 0.25) is 0 Å². The number of hydrogen-bond acceptors (Lipinski definition) is 4. The van der Waals surface area contributed by atoms with E-state index in [9.17, 15) is 9.59 Å². The molecule has 1 aromatic heterocycles. The van der Waals surface area contributed by atoms with Gasteiger partial charge in [-0.2, -0.15) is 10.2 Å². The zero-order chi connectivity index (χ0) is 12.3. The Hall–Kier alpha value is -1.78. The number of nitrogens with one attached hydrogen (secondary N) is 1. The van der Waals surface area contributed by atoms with E-state index >= 15 is 0 Å². The molecule has 1 aromatic rings. The van der Waals surface area contributed by atoms with Gasteiger partial charge in [0.05, 0.1) is 23.0 Å². The van der Waals surface area contributed by atoms with E-state index in [1.165, 1.54) is 6.92 Å². The van der Waals surface area contributed by atoms with Crippen molar-refractivity contribution in [2.75, 3.05) is 0 Å². The first-order valence-corrected chi connectivity index (χ1v) is 5.04. The summed E-state index contributed by atoms with van der Waals surface area (Å²) in [6.07, 6.45) is 0. The molecule has 1 rings (SSSR count). The van der Waals surface area contributed by atoms with Crippen molar-refractivity contribution in [1.29, 1.82) is 0 Å². The maximum Gasteiger partial charge on any atom is 0.253 e. The monoisotopic (exact) mass is 221 g/mol. The number of hydrogen-bond donors (Lipinski definition) is 1. The molecule has 1 atom stereocenters. The van der Waals surface area contributed by atoms with Gasteiger partial charge in [-0.25, -0.2) is 0 Å². The van der Waals surface area contributed by atoms with Crippen LogP contribution in [0.5, 0.6) is 0 Å². The Morgan fingerprint density at radius 1 is 1.31 bits per heavy atom. The first-order valence-electron chi connectivity index (χ1n) is 5.04. The minimum Gasteiger partial charge on any atom is -0.342 e. The quantitative estimate of drug-likeness (QED) is 0.819. The predicted molar refractivity (Wildman–Crippen MR) is 59.1 cm³/mol. The lowest BCUT2D eigenvalue weighted by Gasteiger charge is -2.11. The van der Waals surface area contributed by atoms with Crippen LogP contribution < -0.4 is 5.32 Å². The zero-order valence-corrected chi connectivity index (χ0v) is 9.87. The lowest BCUT2D eigenvalue weighted by atomic mass is 10.1. The smallest absolute Gasteiger partial charge is 0.253 e. The number of carbonyl (C=O) groups is 2. The summed E-state index contributed by atoms with van der Waals surface area (Å²) in [6, 6.07) is 1.17. The Morgan fingerprint density at radius 3 is 2.50 bits per heavy atom. The van der Waals surface area contributed by atoms with Crippen molar-refractivity contribution in [3.05, 3.63) is 23.0 Å². The van der Waals surface area contributed by atoms with Gasteiger partial charge in [-0.15, -0.1) is 0 Å². The average molecular weight is 221 g/mol. The maximum absolute atomic E-state index is 11.8. The predicted octanol–water partition coefficient (Wildman–Crippen LogP) is 0.801. The van der Waals surface area contributed by atoms with E-state index < -0.39 is 6.04 Å². The van der Waals surface area contributed by atoms with Crippen LogP contribution >= 0.6 is 0 Å². The maximum atomic E-state index is 11.8. The molecule has 1 amide bonds. The van der Waals surface area contributed by atoms with Crippen LogP contribution in [0.4, 0.5) is 0 Å². The molecule has 0 aliphatic carbocycles. The van der Waals surface area contributed by atoms with Crippen molar-refractivity contribution < 1.29 is 9.59 Å². The fourth-order valence-electron chi connectivity index (χ4n) is 1.16. The van der Waals surface area contributed by atoms with Crippen molar-refractivity contribution in [2.45, 2.75) is 33.7 Å². The first-order chi connectivity index (χ1) is 7.41. The first kappa shape index (κ1) is 12.3. The Bertz CT molecular complexity index is 429. The molecular formula is C11H15N3O2. The second-order valence-corrected chi connectivity index (χ2v) is 3.79. The number of aromatic nitrogens is 2. The van der Waals surface area contributed by atoms with E-state index in [4.69, 9.17) is 0 Å². The molecule has 5 heteroatoms. The highest BCUT2D eigenvalue weighted by molar-refractivity contribution is 5.98. The number of rotatable bonds is 3. The summed E-state index contributed by atoms with van der Waals surface area (Å²) in [5.41, 5.74) is 1.69. The molecular weight excluding hydrogens is 206 g/mol. The van der Waals surface area contributed by atoms with Crippen LogP contribution in [-0.4, -0.2) is 27.9 Å². The molecule has 1 N–H and O–H groups in total. The normalized spacial score (nSPS) is 12.0. The molecule has 0 fully saturated rings. The van der Waals surface area contributed by atoms with Crippen molar-refractivity contribution in [3.63, 3.8) is 0 Å². The molecule has 1 heterocycles. The van der Waals surface area contributed by atoms with E-state index in [2.05, 4.69) is 15.5 Å². The second kappa shape index (κ2) is 4.83. The Labute approximate surface area is 94.3 Å². The van der Waals surface area contributed by atoms with Crippen LogP contribution in [-0.2, 0) is 4.79 Å². The van der Waals surface area contributed by atoms with Gasteiger partial charge in [0.15, 0.2) is 5.78 Å². The van der Waals surface area contributed by atoms with E-state index in [0.29, 0.717) is 17.0 Å². The summed E-state index contributed by atoms with van der Waals surface area (Å²) >= 11 is 0. The summed E-state index contributed by atoms with van der Waals surface area (Å²) in [5.74, 6) is -0.372. The second-order valence-electron chi connectivity index (χ2n) is 3.79. The molecule has 0 spiro atoms. The van der Waals surface area contributed by atoms with Gasteiger partial charge in [-0.3, -0.25) is 9.59 Å². The summed E-state index contributed by atoms with van der Waals surface area (Å²) in [7, 11) is 0. The van der Waals surface area contributed by atoms with E-state index in [-0.39, 0.29) is 11.7 Å². The third-order valence-corrected chi connectivity index (χ3v) is 2.30. The van der Waals surface area contributed by atoms with Gasteiger partial charge in [0.1, 0.15) is 0 Å². The molecule has 86 valence electrons. The molecule has 0 saturated heterocycles. The minimum atomic E-state index is -0.486. The van der Waals surface area contributed by atoms with E-state index in [1.54, 1.807) is 26.8 Å². The zero-order valence-electron chi connectivity index (χ0n) is 9.87. The van der Waals surface area contributed by atoms with Crippen molar-refractivity contribution in [3.8, 4) is 0 Å². The van der Waals surface area contributed by atoms with Crippen LogP contribution in [0.25, 0.3) is 0 Å². The molecule has 5 nitrogen and oxygen atoms in total. The third kappa shape index (κ3) is 2.85. The SMILES string of the molecule is CC(=O)C(C)NC(=O)c1cc(C)nnc1C. The average Bonchev–Trinajstić information content (AvgIpc) is 2.21. The van der Waals surface area contributed by atoms with Crippen LogP contribution in [0, 0.1) is 13.8 Å². The van der Waals surface area contributed by atoms with Gasteiger partial charge < -0.3 is 5.32 Å². The van der Waals surface area contributed by atoms with E-state index in [1.807, 2.05) is 0 Å². The lowest BCUT2D eigenvalue weighted by Crippen LogP contribution is -2.37. The topological polar surface area (TPSA) is 72.0 Å². The fourth-order valence-corrected chi connectivity index (χ4v) is 1.16. The molecule has 0 bridgehead atoms. The number of carbonyl (C=O) groups excluding carboxylic acids is 2. The van der Waals surface area contributed by atoms with Crippen molar-refractivity contribution >= 4 is 11.7 Å². The summed E-state index contributed by atoms with van der Waals surface area (Å²) in [5, 5.41) is 10.3. The van der Waals surface area contributed by atoms with Gasteiger partial charge in [-0.05, 0) is 33.8 Å². The van der Waals surface area contributed by atoms with Crippen LogP contribution in [0.2, 0.25) is 0 Å². The fraction of sp³-hybridized carbons (Fsp3) is 0.455. The van der Waals surface area contributed by atoms with Crippen molar-refractivity contribution in [1.82, 2.24) is 15.5 Å². The molecule has 1 unspecified atom stereocenters. The van der Waals surface area contributed by atoms with Gasteiger partial charge in [0.25, 0.3) is 5.91 Å².